The van der Waals surface area contributed by atoms with Gasteiger partial charge in [-0.15, -0.1) is 11.3 Å². The van der Waals surface area contributed by atoms with E-state index in [2.05, 4.69) is 19.2 Å². The molecule has 4 nitrogen and oxygen atoms in total. The van der Waals surface area contributed by atoms with E-state index in [0.29, 0.717) is 30.6 Å². The maximum absolute atomic E-state index is 12.8. The van der Waals surface area contributed by atoms with Gasteiger partial charge in [0.15, 0.2) is 0 Å². The van der Waals surface area contributed by atoms with Crippen molar-refractivity contribution in [3.63, 3.8) is 0 Å². The van der Waals surface area contributed by atoms with Crippen molar-refractivity contribution in [2.45, 2.75) is 50.6 Å². The van der Waals surface area contributed by atoms with Gasteiger partial charge in [-0.25, -0.2) is 8.42 Å². The van der Waals surface area contributed by atoms with Gasteiger partial charge in [-0.2, -0.15) is 4.31 Å². The first-order chi connectivity index (χ1) is 9.38. The Morgan fingerprint density at radius 3 is 2.80 bits per heavy atom. The molecule has 1 N–H and O–H groups in total. The van der Waals surface area contributed by atoms with E-state index >= 15 is 0 Å². The maximum Gasteiger partial charge on any atom is 0.244 e. The Morgan fingerprint density at radius 1 is 1.45 bits per heavy atom. The second-order valence-electron chi connectivity index (χ2n) is 6.62. The molecule has 0 bridgehead atoms. The van der Waals surface area contributed by atoms with Crippen molar-refractivity contribution >= 4 is 21.4 Å². The highest BCUT2D eigenvalue weighted by Gasteiger charge is 2.38. The van der Waals surface area contributed by atoms with Crippen molar-refractivity contribution in [3.8, 4) is 0 Å². The van der Waals surface area contributed by atoms with Gasteiger partial charge in [-0.3, -0.25) is 0 Å². The Bertz CT molecular complexity index is 588. The number of rotatable bonds is 5. The Hall–Kier alpha value is -0.430. The molecule has 1 aliphatic heterocycles. The number of nitrogens with zero attached hydrogens (tertiary/aromatic N) is 1. The minimum Gasteiger partial charge on any atom is -0.309 e. The zero-order valence-electron chi connectivity index (χ0n) is 12.1. The second-order valence-corrected chi connectivity index (χ2v) is 9.52. The molecule has 0 unspecified atom stereocenters. The lowest BCUT2D eigenvalue weighted by Gasteiger charge is -2.20. The largest absolute Gasteiger partial charge is 0.309 e. The molecule has 1 saturated carbocycles. The Balaban J connectivity index is 1.78. The lowest BCUT2D eigenvalue weighted by atomic mass is 9.93. The molecule has 1 aromatic heterocycles. The lowest BCUT2D eigenvalue weighted by molar-refractivity contribution is 0.375. The topological polar surface area (TPSA) is 49.4 Å². The summed E-state index contributed by atoms with van der Waals surface area (Å²) in [4.78, 5) is 1.45. The van der Waals surface area contributed by atoms with Crippen LogP contribution in [0.5, 0.6) is 0 Å². The molecule has 2 heterocycles. The quantitative estimate of drug-likeness (QED) is 0.908. The molecule has 2 aliphatic rings. The average molecular weight is 314 g/mol. The van der Waals surface area contributed by atoms with Gasteiger partial charge >= 0.3 is 0 Å². The fourth-order valence-corrected chi connectivity index (χ4v) is 5.61. The van der Waals surface area contributed by atoms with Crippen LogP contribution in [0.1, 0.15) is 38.0 Å². The molecular formula is C14H22N2O2S2. The van der Waals surface area contributed by atoms with Crippen LogP contribution in [0.2, 0.25) is 0 Å². The van der Waals surface area contributed by atoms with Gasteiger partial charge in [0.1, 0.15) is 0 Å². The first-order valence-corrected chi connectivity index (χ1v) is 9.50. The van der Waals surface area contributed by atoms with Gasteiger partial charge in [-0.1, -0.05) is 13.8 Å². The zero-order chi connectivity index (χ0) is 14.4. The monoisotopic (exact) mass is 314 g/mol. The SMILES string of the molecule is CC1(C)CCN(S(=O)(=O)c2ccsc2CNC2CC2)C1. The fraction of sp³-hybridized carbons (Fsp3) is 0.714. The molecule has 112 valence electrons. The molecular weight excluding hydrogens is 292 g/mol. The van der Waals surface area contributed by atoms with Crippen molar-refractivity contribution in [1.29, 1.82) is 0 Å². The van der Waals surface area contributed by atoms with E-state index in [4.69, 9.17) is 0 Å². The van der Waals surface area contributed by atoms with Crippen molar-refractivity contribution in [3.05, 3.63) is 16.3 Å². The molecule has 0 atom stereocenters. The summed E-state index contributed by atoms with van der Waals surface area (Å²) in [6.07, 6.45) is 3.37. The summed E-state index contributed by atoms with van der Waals surface area (Å²) in [5.74, 6) is 0. The van der Waals surface area contributed by atoms with E-state index in [-0.39, 0.29) is 5.41 Å². The van der Waals surface area contributed by atoms with Crippen molar-refractivity contribution in [2.24, 2.45) is 5.41 Å². The molecule has 1 aliphatic carbocycles. The van der Waals surface area contributed by atoms with Gasteiger partial charge in [0, 0.05) is 30.6 Å². The number of hydrogen-bond acceptors (Lipinski definition) is 4. The zero-order valence-corrected chi connectivity index (χ0v) is 13.7. The summed E-state index contributed by atoms with van der Waals surface area (Å²) in [7, 11) is -3.32. The van der Waals surface area contributed by atoms with E-state index in [9.17, 15) is 8.42 Å². The first-order valence-electron chi connectivity index (χ1n) is 7.18. The molecule has 2 fully saturated rings. The standard InChI is InChI=1S/C14H22N2O2S2/c1-14(2)6-7-16(10-14)20(17,18)13-5-8-19-12(13)9-15-11-3-4-11/h5,8,11,15H,3-4,6-7,9-10H2,1-2H3. The van der Waals surface area contributed by atoms with Gasteiger partial charge in [0.2, 0.25) is 10.0 Å². The third-order valence-corrected chi connectivity index (χ3v) is 7.07. The summed E-state index contributed by atoms with van der Waals surface area (Å²) in [6, 6.07) is 2.35. The van der Waals surface area contributed by atoms with E-state index in [1.54, 1.807) is 10.4 Å². The highest BCUT2D eigenvalue weighted by atomic mass is 32.2. The first kappa shape index (κ1) is 14.5. The minimum atomic E-state index is -3.32. The fourth-order valence-electron chi connectivity index (χ4n) is 2.62. The summed E-state index contributed by atoms with van der Waals surface area (Å²) >= 11 is 1.54. The van der Waals surface area contributed by atoms with Crippen LogP contribution >= 0.6 is 11.3 Å². The van der Waals surface area contributed by atoms with Crippen LogP contribution in [-0.4, -0.2) is 31.9 Å². The van der Waals surface area contributed by atoms with E-state index in [1.807, 2.05) is 5.38 Å². The third kappa shape index (κ3) is 2.93. The third-order valence-electron chi connectivity index (χ3n) is 4.09. The van der Waals surface area contributed by atoms with Crippen LogP contribution in [0.3, 0.4) is 0 Å². The van der Waals surface area contributed by atoms with Crippen LogP contribution in [0.25, 0.3) is 0 Å². The number of nitrogens with one attached hydrogen (secondary N) is 1. The molecule has 1 saturated heterocycles. The van der Waals surface area contributed by atoms with Gasteiger partial charge in [0.05, 0.1) is 4.90 Å². The normalized spacial score (nSPS) is 23.3. The summed E-state index contributed by atoms with van der Waals surface area (Å²) in [5, 5.41) is 5.29. The van der Waals surface area contributed by atoms with E-state index in [1.165, 1.54) is 24.2 Å². The highest BCUT2D eigenvalue weighted by Crippen LogP contribution is 2.34. The minimum absolute atomic E-state index is 0.0928. The van der Waals surface area contributed by atoms with Crippen LogP contribution < -0.4 is 5.32 Å². The Labute approximate surface area is 125 Å². The lowest BCUT2D eigenvalue weighted by Crippen LogP contribution is -2.31. The van der Waals surface area contributed by atoms with Crippen molar-refractivity contribution in [2.75, 3.05) is 13.1 Å². The molecule has 0 radical (unpaired) electrons. The number of hydrogen-bond donors (Lipinski definition) is 1. The van der Waals surface area contributed by atoms with E-state index in [0.717, 1.165) is 11.3 Å². The van der Waals surface area contributed by atoms with Gasteiger partial charge in [-0.05, 0) is 36.1 Å². The predicted octanol–water partition coefficient (Wildman–Crippen LogP) is 2.42. The van der Waals surface area contributed by atoms with Crippen molar-refractivity contribution < 1.29 is 8.42 Å². The van der Waals surface area contributed by atoms with E-state index < -0.39 is 10.0 Å². The van der Waals surface area contributed by atoms with Crippen LogP contribution in [0.4, 0.5) is 0 Å². The molecule has 0 spiro atoms. The molecule has 0 amide bonds. The summed E-state index contributed by atoms with van der Waals surface area (Å²) < 4.78 is 27.2. The molecule has 20 heavy (non-hydrogen) atoms. The molecule has 6 heteroatoms. The highest BCUT2D eigenvalue weighted by molar-refractivity contribution is 7.89. The Morgan fingerprint density at radius 2 is 2.20 bits per heavy atom. The van der Waals surface area contributed by atoms with Gasteiger partial charge in [0.25, 0.3) is 0 Å². The summed E-state index contributed by atoms with van der Waals surface area (Å²) in [6.45, 7) is 6.20. The molecule has 0 aromatic carbocycles. The molecule has 1 aromatic rings. The maximum atomic E-state index is 12.8. The smallest absolute Gasteiger partial charge is 0.244 e. The van der Waals surface area contributed by atoms with Crippen LogP contribution in [0, 0.1) is 5.41 Å². The van der Waals surface area contributed by atoms with Crippen LogP contribution in [-0.2, 0) is 16.6 Å². The molecule has 3 rings (SSSR count). The number of sulfonamides is 1. The second kappa shape index (κ2) is 5.09. The predicted molar refractivity (Wildman–Crippen MR) is 81.3 cm³/mol. The number of thiophene rings is 1. The Kier molecular flexibility index (Phi) is 3.69. The van der Waals surface area contributed by atoms with Gasteiger partial charge < -0.3 is 5.32 Å². The summed E-state index contributed by atoms with van der Waals surface area (Å²) in [5.41, 5.74) is 0.0928. The van der Waals surface area contributed by atoms with Crippen molar-refractivity contribution in [1.82, 2.24) is 9.62 Å². The average Bonchev–Trinajstić information content (AvgIpc) is 2.93. The van der Waals surface area contributed by atoms with Crippen LogP contribution in [0.15, 0.2) is 16.3 Å².